The molecule has 3 heterocycles. The summed E-state index contributed by atoms with van der Waals surface area (Å²) in [6.07, 6.45) is 2.29. The molecule has 0 fully saturated rings. The molecule has 0 unspecified atom stereocenters. The van der Waals surface area contributed by atoms with Gasteiger partial charge in [-0.2, -0.15) is 4.98 Å². The van der Waals surface area contributed by atoms with Crippen molar-refractivity contribution in [1.82, 2.24) is 9.97 Å². The largest absolute Gasteiger partial charge is 0.438 e. The standard InChI is InChI=1S/C11H9N3OS/c12-7-4-9-11(13-6-7)14-10(15-9)5-8-2-1-3-16-8/h1-4,6H,5,12H2. The zero-order valence-electron chi connectivity index (χ0n) is 8.38. The molecule has 0 aliphatic rings. The molecule has 0 amide bonds. The van der Waals surface area contributed by atoms with Gasteiger partial charge in [-0.05, 0) is 11.4 Å². The van der Waals surface area contributed by atoms with Crippen LogP contribution >= 0.6 is 11.3 Å². The Hall–Kier alpha value is -1.88. The minimum absolute atomic E-state index is 0.589. The fourth-order valence-corrected chi connectivity index (χ4v) is 2.21. The number of pyridine rings is 1. The maximum Gasteiger partial charge on any atom is 0.202 e. The van der Waals surface area contributed by atoms with Crippen LogP contribution in [-0.2, 0) is 6.42 Å². The average molecular weight is 231 g/mol. The predicted molar refractivity (Wildman–Crippen MR) is 63.3 cm³/mol. The second-order valence-corrected chi connectivity index (χ2v) is 4.49. The van der Waals surface area contributed by atoms with Crippen LogP contribution in [0.25, 0.3) is 11.2 Å². The molecule has 0 aromatic carbocycles. The van der Waals surface area contributed by atoms with Gasteiger partial charge >= 0.3 is 0 Å². The fourth-order valence-electron chi connectivity index (χ4n) is 1.52. The Balaban J connectivity index is 1.99. The lowest BCUT2D eigenvalue weighted by Crippen LogP contribution is -1.85. The van der Waals surface area contributed by atoms with Crippen LogP contribution in [0.3, 0.4) is 0 Å². The number of nitrogens with zero attached hydrogens (tertiary/aromatic N) is 2. The van der Waals surface area contributed by atoms with Gasteiger partial charge in [0.15, 0.2) is 11.2 Å². The van der Waals surface area contributed by atoms with E-state index in [4.69, 9.17) is 10.2 Å². The van der Waals surface area contributed by atoms with E-state index in [0.717, 1.165) is 0 Å². The van der Waals surface area contributed by atoms with E-state index in [-0.39, 0.29) is 0 Å². The predicted octanol–water partition coefficient (Wildman–Crippen LogP) is 2.46. The van der Waals surface area contributed by atoms with E-state index in [1.54, 1.807) is 23.6 Å². The molecule has 3 aromatic heterocycles. The van der Waals surface area contributed by atoms with E-state index in [1.165, 1.54) is 4.88 Å². The summed E-state index contributed by atoms with van der Waals surface area (Å²) in [4.78, 5) is 9.63. The van der Waals surface area contributed by atoms with Crippen LogP contribution in [0.15, 0.2) is 34.2 Å². The Morgan fingerprint density at radius 1 is 1.44 bits per heavy atom. The molecule has 0 spiro atoms. The van der Waals surface area contributed by atoms with Gasteiger partial charge < -0.3 is 10.2 Å². The van der Waals surface area contributed by atoms with Crippen LogP contribution in [0.4, 0.5) is 5.69 Å². The summed E-state index contributed by atoms with van der Waals surface area (Å²) >= 11 is 1.69. The first kappa shape index (κ1) is 9.35. The van der Waals surface area contributed by atoms with Crippen molar-refractivity contribution in [2.75, 3.05) is 5.73 Å². The molecule has 3 rings (SSSR count). The van der Waals surface area contributed by atoms with E-state index >= 15 is 0 Å². The minimum atomic E-state index is 0.589. The molecular weight excluding hydrogens is 222 g/mol. The number of fused-ring (bicyclic) bond motifs is 1. The maximum atomic E-state index is 5.62. The van der Waals surface area contributed by atoms with Crippen LogP contribution in [0.2, 0.25) is 0 Å². The molecule has 0 bridgehead atoms. The van der Waals surface area contributed by atoms with Crippen molar-refractivity contribution in [2.45, 2.75) is 6.42 Å². The summed E-state index contributed by atoms with van der Waals surface area (Å²) in [6.45, 7) is 0. The van der Waals surface area contributed by atoms with Crippen molar-refractivity contribution in [3.05, 3.63) is 40.5 Å². The first-order valence-electron chi connectivity index (χ1n) is 4.84. The number of anilines is 1. The monoisotopic (exact) mass is 231 g/mol. The molecule has 0 aliphatic heterocycles. The number of rotatable bonds is 2. The molecular formula is C11H9N3OS. The topological polar surface area (TPSA) is 64.9 Å². The van der Waals surface area contributed by atoms with Crippen LogP contribution in [0.5, 0.6) is 0 Å². The molecule has 0 saturated carbocycles. The minimum Gasteiger partial charge on any atom is -0.438 e. The highest BCUT2D eigenvalue weighted by Gasteiger charge is 2.08. The van der Waals surface area contributed by atoms with Gasteiger partial charge in [-0.3, -0.25) is 0 Å². The number of oxazole rings is 1. The van der Waals surface area contributed by atoms with Gasteiger partial charge in [0.1, 0.15) is 0 Å². The molecule has 80 valence electrons. The Kier molecular flexibility index (Phi) is 2.11. The second kappa shape index (κ2) is 3.61. The highest BCUT2D eigenvalue weighted by atomic mass is 32.1. The number of nitrogens with two attached hydrogens (primary N) is 1. The summed E-state index contributed by atoms with van der Waals surface area (Å²) in [5.41, 5.74) is 7.47. The van der Waals surface area contributed by atoms with E-state index in [0.29, 0.717) is 29.2 Å². The third-order valence-electron chi connectivity index (χ3n) is 2.22. The van der Waals surface area contributed by atoms with Gasteiger partial charge in [-0.1, -0.05) is 6.07 Å². The van der Waals surface area contributed by atoms with E-state index in [1.807, 2.05) is 11.4 Å². The number of hydrogen-bond acceptors (Lipinski definition) is 5. The van der Waals surface area contributed by atoms with E-state index in [2.05, 4.69) is 16.0 Å². The van der Waals surface area contributed by atoms with Crippen LogP contribution < -0.4 is 5.73 Å². The zero-order valence-corrected chi connectivity index (χ0v) is 9.20. The third-order valence-corrected chi connectivity index (χ3v) is 3.09. The Bertz CT molecular complexity index is 615. The van der Waals surface area contributed by atoms with Crippen molar-refractivity contribution in [1.29, 1.82) is 0 Å². The van der Waals surface area contributed by atoms with Crippen molar-refractivity contribution in [3.63, 3.8) is 0 Å². The van der Waals surface area contributed by atoms with Gasteiger partial charge in [-0.25, -0.2) is 4.98 Å². The molecule has 0 radical (unpaired) electrons. The lowest BCUT2D eigenvalue weighted by Gasteiger charge is -1.89. The van der Waals surface area contributed by atoms with Crippen molar-refractivity contribution in [2.24, 2.45) is 0 Å². The number of aromatic nitrogens is 2. The molecule has 0 aliphatic carbocycles. The van der Waals surface area contributed by atoms with Crippen molar-refractivity contribution in [3.8, 4) is 0 Å². The highest BCUT2D eigenvalue weighted by molar-refractivity contribution is 7.09. The smallest absolute Gasteiger partial charge is 0.202 e. The second-order valence-electron chi connectivity index (χ2n) is 3.45. The summed E-state index contributed by atoms with van der Waals surface area (Å²) in [5.74, 6) is 0.676. The van der Waals surface area contributed by atoms with Crippen LogP contribution in [-0.4, -0.2) is 9.97 Å². The lowest BCUT2D eigenvalue weighted by molar-refractivity contribution is 0.545. The molecule has 2 N–H and O–H groups in total. The first-order valence-corrected chi connectivity index (χ1v) is 5.72. The third kappa shape index (κ3) is 1.65. The quantitative estimate of drug-likeness (QED) is 0.735. The van der Waals surface area contributed by atoms with Gasteiger partial charge in [0, 0.05) is 10.9 Å². The molecule has 3 aromatic rings. The zero-order chi connectivity index (χ0) is 11.0. The Morgan fingerprint density at radius 2 is 2.38 bits per heavy atom. The first-order chi connectivity index (χ1) is 7.81. The summed E-state index contributed by atoms with van der Waals surface area (Å²) in [5, 5.41) is 2.04. The average Bonchev–Trinajstić information content (AvgIpc) is 2.86. The highest BCUT2D eigenvalue weighted by Crippen LogP contribution is 2.19. The van der Waals surface area contributed by atoms with Gasteiger partial charge in [0.2, 0.25) is 5.89 Å². The summed E-state index contributed by atoms with van der Waals surface area (Å²) in [7, 11) is 0. The lowest BCUT2D eigenvalue weighted by atomic mass is 10.3. The van der Waals surface area contributed by atoms with Crippen LogP contribution in [0.1, 0.15) is 10.8 Å². The van der Waals surface area contributed by atoms with E-state index in [9.17, 15) is 0 Å². The number of thiophene rings is 1. The normalized spacial score (nSPS) is 11.0. The van der Waals surface area contributed by atoms with Gasteiger partial charge in [0.25, 0.3) is 0 Å². The van der Waals surface area contributed by atoms with Gasteiger partial charge in [0.05, 0.1) is 18.3 Å². The molecule has 0 saturated heterocycles. The number of hydrogen-bond donors (Lipinski definition) is 1. The maximum absolute atomic E-state index is 5.62. The Labute approximate surface area is 95.7 Å². The summed E-state index contributed by atoms with van der Waals surface area (Å²) < 4.78 is 5.58. The van der Waals surface area contributed by atoms with E-state index < -0.39 is 0 Å². The molecule has 5 heteroatoms. The van der Waals surface area contributed by atoms with Crippen LogP contribution in [0, 0.1) is 0 Å². The molecule has 0 atom stereocenters. The number of nitrogen functional groups attached to an aromatic ring is 1. The van der Waals surface area contributed by atoms with Crippen molar-refractivity contribution < 1.29 is 4.42 Å². The SMILES string of the molecule is Nc1cnc2nc(Cc3cccs3)oc2c1. The Morgan fingerprint density at radius 3 is 3.19 bits per heavy atom. The molecule has 4 nitrogen and oxygen atoms in total. The van der Waals surface area contributed by atoms with Crippen molar-refractivity contribution >= 4 is 28.3 Å². The van der Waals surface area contributed by atoms with Gasteiger partial charge in [-0.15, -0.1) is 11.3 Å². The fraction of sp³-hybridized carbons (Fsp3) is 0.0909. The summed E-state index contributed by atoms with van der Waals surface area (Å²) in [6, 6.07) is 5.81. The molecule has 16 heavy (non-hydrogen) atoms.